The predicted molar refractivity (Wildman–Crippen MR) is 116 cm³/mol. The molecule has 9 heteroatoms. The molecule has 30 heavy (non-hydrogen) atoms. The number of benzene rings is 1. The normalized spacial score (nSPS) is 14.1. The monoisotopic (exact) mass is 428 g/mol. The Balaban J connectivity index is 1.60. The minimum Gasteiger partial charge on any atom is -0.493 e. The lowest BCUT2D eigenvalue weighted by atomic mass is 10.2. The molecule has 1 fully saturated rings. The molecule has 0 bridgehead atoms. The summed E-state index contributed by atoms with van der Waals surface area (Å²) in [6, 6.07) is 7.43. The molecule has 3 heterocycles. The van der Waals surface area contributed by atoms with Gasteiger partial charge in [0.1, 0.15) is 0 Å². The van der Waals surface area contributed by atoms with E-state index in [1.165, 1.54) is 11.3 Å². The Morgan fingerprint density at radius 3 is 2.47 bits per heavy atom. The summed E-state index contributed by atoms with van der Waals surface area (Å²) < 4.78 is 16.6. The fourth-order valence-electron chi connectivity index (χ4n) is 3.47. The number of ether oxygens (including phenoxy) is 3. The van der Waals surface area contributed by atoms with Gasteiger partial charge in [0.25, 0.3) is 5.91 Å². The molecule has 0 atom stereocenters. The van der Waals surface area contributed by atoms with Crippen LogP contribution in [0.25, 0.3) is 10.9 Å². The third kappa shape index (κ3) is 3.85. The maximum Gasteiger partial charge on any atom is 0.264 e. The first-order valence-corrected chi connectivity index (χ1v) is 10.7. The number of methoxy groups -OCH3 is 2. The molecule has 2 aromatic heterocycles. The van der Waals surface area contributed by atoms with Crippen molar-refractivity contribution >= 4 is 34.1 Å². The molecule has 0 N–H and O–H groups in total. The first kappa shape index (κ1) is 20.2. The Hall–Kier alpha value is -3.07. The van der Waals surface area contributed by atoms with Crippen molar-refractivity contribution < 1.29 is 19.0 Å². The highest BCUT2D eigenvalue weighted by molar-refractivity contribution is 7.12. The number of anilines is 1. The Bertz CT molecular complexity index is 1030. The summed E-state index contributed by atoms with van der Waals surface area (Å²) in [4.78, 5) is 26.7. The van der Waals surface area contributed by atoms with E-state index in [1.807, 2.05) is 41.5 Å². The second-order valence-corrected chi connectivity index (χ2v) is 7.69. The van der Waals surface area contributed by atoms with E-state index < -0.39 is 0 Å². The van der Waals surface area contributed by atoms with Crippen LogP contribution in [0.5, 0.6) is 17.4 Å². The highest BCUT2D eigenvalue weighted by atomic mass is 32.1. The van der Waals surface area contributed by atoms with E-state index in [9.17, 15) is 4.79 Å². The number of hydrogen-bond acceptors (Lipinski definition) is 8. The van der Waals surface area contributed by atoms with E-state index in [0.717, 1.165) is 15.8 Å². The van der Waals surface area contributed by atoms with Crippen molar-refractivity contribution in [2.45, 2.75) is 6.92 Å². The lowest BCUT2D eigenvalue weighted by Crippen LogP contribution is -2.49. The lowest BCUT2D eigenvalue weighted by molar-refractivity contribution is 0.0751. The molecule has 1 aliphatic heterocycles. The number of amides is 1. The van der Waals surface area contributed by atoms with Crippen LogP contribution in [-0.2, 0) is 0 Å². The van der Waals surface area contributed by atoms with E-state index in [1.54, 1.807) is 14.2 Å². The van der Waals surface area contributed by atoms with Crippen LogP contribution in [0.2, 0.25) is 0 Å². The van der Waals surface area contributed by atoms with Gasteiger partial charge in [0, 0.05) is 32.2 Å². The standard InChI is InChI=1S/C21H24N4O4S/c1-4-29-19-14-12-16(27-2)17(28-3)13-15(14)22-21(23-19)25-9-7-24(8-10-25)20(26)18-6-5-11-30-18/h5-6,11-13H,4,7-10H2,1-3H3. The summed E-state index contributed by atoms with van der Waals surface area (Å²) in [5.74, 6) is 2.37. The van der Waals surface area contributed by atoms with Crippen LogP contribution in [0.1, 0.15) is 16.6 Å². The minimum atomic E-state index is 0.0796. The van der Waals surface area contributed by atoms with Crippen molar-refractivity contribution in [3.63, 3.8) is 0 Å². The molecular formula is C21H24N4O4S. The van der Waals surface area contributed by atoms with Crippen molar-refractivity contribution in [3.05, 3.63) is 34.5 Å². The maximum absolute atomic E-state index is 12.6. The summed E-state index contributed by atoms with van der Waals surface area (Å²) in [6.45, 7) is 4.96. The average Bonchev–Trinajstić information content (AvgIpc) is 3.33. The summed E-state index contributed by atoms with van der Waals surface area (Å²) in [5.41, 5.74) is 0.721. The van der Waals surface area contributed by atoms with E-state index in [2.05, 4.69) is 9.88 Å². The van der Waals surface area contributed by atoms with E-state index in [0.29, 0.717) is 56.1 Å². The quantitative estimate of drug-likeness (QED) is 0.597. The van der Waals surface area contributed by atoms with Gasteiger partial charge in [-0.2, -0.15) is 4.98 Å². The molecule has 1 saturated heterocycles. The van der Waals surface area contributed by atoms with E-state index in [-0.39, 0.29) is 5.91 Å². The molecule has 1 aliphatic rings. The number of carbonyl (C=O) groups is 1. The Morgan fingerprint density at radius 2 is 1.83 bits per heavy atom. The first-order chi connectivity index (χ1) is 14.6. The van der Waals surface area contributed by atoms with Gasteiger partial charge >= 0.3 is 0 Å². The fraction of sp³-hybridized carbons (Fsp3) is 0.381. The molecule has 1 amide bonds. The van der Waals surface area contributed by atoms with Gasteiger partial charge in [-0.1, -0.05) is 6.07 Å². The number of thiophene rings is 1. The molecule has 0 aliphatic carbocycles. The van der Waals surface area contributed by atoms with Gasteiger partial charge in [0.05, 0.1) is 36.6 Å². The molecule has 0 saturated carbocycles. The maximum atomic E-state index is 12.6. The minimum absolute atomic E-state index is 0.0796. The molecule has 158 valence electrons. The Morgan fingerprint density at radius 1 is 1.10 bits per heavy atom. The van der Waals surface area contributed by atoms with Gasteiger partial charge < -0.3 is 24.0 Å². The van der Waals surface area contributed by atoms with Gasteiger partial charge in [0.15, 0.2) is 11.5 Å². The topological polar surface area (TPSA) is 77.0 Å². The molecule has 8 nitrogen and oxygen atoms in total. The number of piperazine rings is 1. The van der Waals surface area contributed by atoms with Crippen molar-refractivity contribution in [1.29, 1.82) is 0 Å². The van der Waals surface area contributed by atoms with E-state index >= 15 is 0 Å². The van der Waals surface area contributed by atoms with Crippen LogP contribution in [0, 0.1) is 0 Å². The Labute approximate surface area is 179 Å². The largest absolute Gasteiger partial charge is 0.493 e. The lowest BCUT2D eigenvalue weighted by Gasteiger charge is -2.34. The summed E-state index contributed by atoms with van der Waals surface area (Å²) in [5, 5.41) is 2.69. The van der Waals surface area contributed by atoms with Gasteiger partial charge in [-0.3, -0.25) is 4.79 Å². The SMILES string of the molecule is CCOc1nc(N2CCN(C(=O)c3cccs3)CC2)nc2cc(OC)c(OC)cc12. The fourth-order valence-corrected chi connectivity index (χ4v) is 4.16. The van der Waals surface area contributed by atoms with Gasteiger partial charge in [-0.15, -0.1) is 11.3 Å². The van der Waals surface area contributed by atoms with Gasteiger partial charge in [0.2, 0.25) is 11.8 Å². The third-order valence-corrected chi connectivity index (χ3v) is 5.87. The van der Waals surface area contributed by atoms with Crippen molar-refractivity contribution in [2.75, 3.05) is 51.9 Å². The van der Waals surface area contributed by atoms with Crippen LogP contribution in [0.3, 0.4) is 0 Å². The number of nitrogens with zero attached hydrogens (tertiary/aromatic N) is 4. The van der Waals surface area contributed by atoms with Crippen LogP contribution >= 0.6 is 11.3 Å². The van der Waals surface area contributed by atoms with Crippen molar-refractivity contribution in [2.24, 2.45) is 0 Å². The summed E-state index contributed by atoms with van der Waals surface area (Å²) >= 11 is 1.47. The number of aromatic nitrogens is 2. The van der Waals surface area contributed by atoms with Crippen LogP contribution < -0.4 is 19.1 Å². The third-order valence-electron chi connectivity index (χ3n) is 5.02. The zero-order chi connectivity index (χ0) is 21.1. The highest BCUT2D eigenvalue weighted by Gasteiger charge is 2.25. The molecule has 0 unspecified atom stereocenters. The zero-order valence-corrected chi connectivity index (χ0v) is 18.1. The van der Waals surface area contributed by atoms with Crippen molar-refractivity contribution in [1.82, 2.24) is 14.9 Å². The molecule has 3 aromatic rings. The molecule has 1 aromatic carbocycles. The second kappa shape index (κ2) is 8.74. The smallest absolute Gasteiger partial charge is 0.264 e. The van der Waals surface area contributed by atoms with Crippen LogP contribution in [-0.4, -0.2) is 67.8 Å². The number of carbonyl (C=O) groups excluding carboxylic acids is 1. The van der Waals surface area contributed by atoms with Crippen LogP contribution in [0.4, 0.5) is 5.95 Å². The van der Waals surface area contributed by atoms with Crippen LogP contribution in [0.15, 0.2) is 29.6 Å². The van der Waals surface area contributed by atoms with Crippen molar-refractivity contribution in [3.8, 4) is 17.4 Å². The average molecular weight is 429 g/mol. The second-order valence-electron chi connectivity index (χ2n) is 6.74. The number of fused-ring (bicyclic) bond motifs is 1. The molecule has 0 spiro atoms. The molecule has 4 rings (SSSR count). The first-order valence-electron chi connectivity index (χ1n) is 9.79. The van der Waals surface area contributed by atoms with Gasteiger partial charge in [-0.05, 0) is 24.4 Å². The van der Waals surface area contributed by atoms with Gasteiger partial charge in [-0.25, -0.2) is 4.98 Å². The molecular weight excluding hydrogens is 404 g/mol. The number of rotatable bonds is 6. The Kier molecular flexibility index (Phi) is 5.89. The predicted octanol–water partition coefficient (Wildman–Crippen LogP) is 3.07. The highest BCUT2D eigenvalue weighted by Crippen LogP contribution is 2.36. The molecule has 0 radical (unpaired) electrons. The summed E-state index contributed by atoms with van der Waals surface area (Å²) in [6.07, 6.45) is 0. The number of hydrogen-bond donors (Lipinski definition) is 0. The van der Waals surface area contributed by atoms with E-state index in [4.69, 9.17) is 19.2 Å². The zero-order valence-electron chi connectivity index (χ0n) is 17.3. The summed E-state index contributed by atoms with van der Waals surface area (Å²) in [7, 11) is 3.19.